The molecule has 110 valence electrons. The molecule has 0 aromatic carbocycles. The summed E-state index contributed by atoms with van der Waals surface area (Å²) < 4.78 is 13.2. The van der Waals surface area contributed by atoms with E-state index in [0.29, 0.717) is 11.3 Å². The van der Waals surface area contributed by atoms with E-state index < -0.39 is 12.6 Å². The number of aryl methyl sites for hydroxylation is 1. The van der Waals surface area contributed by atoms with Crippen molar-refractivity contribution >= 4 is 25.0 Å². The smallest absolute Gasteiger partial charge is 0.323 e. The third kappa shape index (κ3) is 3.23. The average Bonchev–Trinajstić information content (AvgIpc) is 2.83. The average molecular weight is 315 g/mol. The van der Waals surface area contributed by atoms with Crippen molar-refractivity contribution in [3.05, 3.63) is 29.7 Å². The maximum absolute atomic E-state index is 11.7. The standard InChI is InChI=1S/C12H18N3O3PS/c1-3-4-5-9-8-10(12(20-2)19(16,17)18)15-11(14-9)6-7-13-15/h6-8,12H,3-5H2,1-2H3,(H2,16,17,18). The van der Waals surface area contributed by atoms with Gasteiger partial charge in [0, 0.05) is 11.8 Å². The second-order valence-electron chi connectivity index (χ2n) is 4.55. The molecule has 20 heavy (non-hydrogen) atoms. The van der Waals surface area contributed by atoms with E-state index in [-0.39, 0.29) is 0 Å². The monoisotopic (exact) mass is 315 g/mol. The van der Waals surface area contributed by atoms with Crippen molar-refractivity contribution in [1.82, 2.24) is 14.6 Å². The van der Waals surface area contributed by atoms with Crippen molar-refractivity contribution < 1.29 is 14.4 Å². The second kappa shape index (κ2) is 6.26. The van der Waals surface area contributed by atoms with E-state index in [1.165, 1.54) is 4.52 Å². The quantitative estimate of drug-likeness (QED) is 0.797. The number of nitrogens with zero attached hydrogens (tertiary/aromatic N) is 3. The lowest BCUT2D eigenvalue weighted by Crippen LogP contribution is -2.07. The first-order valence-electron chi connectivity index (χ1n) is 6.39. The summed E-state index contributed by atoms with van der Waals surface area (Å²) in [5, 5.41) is 4.12. The highest BCUT2D eigenvalue weighted by molar-refractivity contribution is 8.04. The SMILES string of the molecule is CCCCc1cc(C(SC)P(=O)(O)O)n2nccc2n1. The predicted octanol–water partition coefficient (Wildman–Crippen LogP) is 2.61. The number of rotatable bonds is 6. The van der Waals surface area contributed by atoms with Crippen LogP contribution in [-0.4, -0.2) is 30.6 Å². The Morgan fingerprint density at radius 2 is 2.25 bits per heavy atom. The lowest BCUT2D eigenvalue weighted by Gasteiger charge is -2.18. The number of hydrogen-bond acceptors (Lipinski definition) is 4. The summed E-state index contributed by atoms with van der Waals surface area (Å²) in [4.78, 5) is 22.6. The van der Waals surface area contributed by atoms with Crippen LogP contribution in [0, 0.1) is 0 Å². The van der Waals surface area contributed by atoms with Gasteiger partial charge in [0.05, 0.1) is 11.9 Å². The van der Waals surface area contributed by atoms with E-state index in [1.807, 2.05) is 0 Å². The molecule has 1 unspecified atom stereocenters. The molecular formula is C12H18N3O3PS. The Morgan fingerprint density at radius 3 is 2.85 bits per heavy atom. The van der Waals surface area contributed by atoms with Crippen LogP contribution in [0.15, 0.2) is 18.3 Å². The van der Waals surface area contributed by atoms with Gasteiger partial charge in [-0.15, -0.1) is 11.8 Å². The second-order valence-corrected chi connectivity index (χ2v) is 7.54. The number of hydrogen-bond donors (Lipinski definition) is 2. The Balaban J connectivity index is 2.54. The maximum atomic E-state index is 11.7. The zero-order valence-electron chi connectivity index (χ0n) is 11.4. The number of unbranched alkanes of at least 4 members (excludes halogenated alkanes) is 1. The van der Waals surface area contributed by atoms with E-state index in [1.54, 1.807) is 24.6 Å². The maximum Gasteiger partial charge on any atom is 0.344 e. The van der Waals surface area contributed by atoms with Crippen molar-refractivity contribution in [2.45, 2.75) is 31.2 Å². The first kappa shape index (κ1) is 15.5. The van der Waals surface area contributed by atoms with Crippen molar-refractivity contribution in [2.24, 2.45) is 0 Å². The van der Waals surface area contributed by atoms with Crippen LogP contribution in [0.3, 0.4) is 0 Å². The van der Waals surface area contributed by atoms with Gasteiger partial charge in [-0.05, 0) is 25.2 Å². The van der Waals surface area contributed by atoms with Crippen molar-refractivity contribution in [2.75, 3.05) is 6.26 Å². The summed E-state index contributed by atoms with van der Waals surface area (Å²) in [5.74, 6) is 0. The molecule has 2 N–H and O–H groups in total. The van der Waals surface area contributed by atoms with Gasteiger partial charge in [-0.25, -0.2) is 9.50 Å². The minimum atomic E-state index is -4.25. The van der Waals surface area contributed by atoms with Crippen molar-refractivity contribution in [3.63, 3.8) is 0 Å². The first-order chi connectivity index (χ1) is 9.47. The highest BCUT2D eigenvalue weighted by atomic mass is 32.2. The molecule has 0 aliphatic carbocycles. The molecule has 0 bridgehead atoms. The molecule has 0 aliphatic rings. The van der Waals surface area contributed by atoms with Crippen LogP contribution < -0.4 is 0 Å². The van der Waals surface area contributed by atoms with Crippen LogP contribution >= 0.6 is 19.4 Å². The van der Waals surface area contributed by atoms with Crippen LogP contribution in [0.5, 0.6) is 0 Å². The minimum absolute atomic E-state index is 0.506. The van der Waals surface area contributed by atoms with Gasteiger partial charge in [-0.3, -0.25) is 4.57 Å². The molecule has 0 saturated heterocycles. The molecule has 2 aromatic rings. The zero-order valence-corrected chi connectivity index (χ0v) is 13.1. The van der Waals surface area contributed by atoms with E-state index in [9.17, 15) is 14.4 Å². The fourth-order valence-corrected chi connectivity index (χ4v) is 4.12. The molecule has 1 atom stereocenters. The third-order valence-electron chi connectivity index (χ3n) is 3.01. The molecule has 0 radical (unpaired) electrons. The van der Waals surface area contributed by atoms with Crippen LogP contribution in [0.1, 0.15) is 36.1 Å². The molecule has 2 aromatic heterocycles. The van der Waals surface area contributed by atoms with Crippen LogP contribution in [0.4, 0.5) is 0 Å². The van der Waals surface area contributed by atoms with Crippen molar-refractivity contribution in [1.29, 1.82) is 0 Å². The van der Waals surface area contributed by atoms with Gasteiger partial charge in [-0.2, -0.15) is 5.10 Å². The van der Waals surface area contributed by atoms with Gasteiger partial charge in [0.1, 0.15) is 4.99 Å². The van der Waals surface area contributed by atoms with E-state index in [2.05, 4.69) is 17.0 Å². The lowest BCUT2D eigenvalue weighted by atomic mass is 10.2. The molecule has 2 rings (SSSR count). The molecule has 0 amide bonds. The van der Waals surface area contributed by atoms with Gasteiger partial charge in [0.15, 0.2) is 5.65 Å². The molecule has 8 heteroatoms. The Morgan fingerprint density at radius 1 is 1.50 bits per heavy atom. The van der Waals surface area contributed by atoms with Crippen LogP contribution in [0.2, 0.25) is 0 Å². The third-order valence-corrected chi connectivity index (χ3v) is 6.03. The highest BCUT2D eigenvalue weighted by Gasteiger charge is 2.32. The minimum Gasteiger partial charge on any atom is -0.323 e. The summed E-state index contributed by atoms with van der Waals surface area (Å²) in [6.45, 7) is 2.10. The highest BCUT2D eigenvalue weighted by Crippen LogP contribution is 2.57. The summed E-state index contributed by atoms with van der Waals surface area (Å²) in [5.41, 5.74) is 1.98. The predicted molar refractivity (Wildman–Crippen MR) is 79.9 cm³/mol. The largest absolute Gasteiger partial charge is 0.344 e. The molecule has 0 fully saturated rings. The fourth-order valence-electron chi connectivity index (χ4n) is 2.08. The van der Waals surface area contributed by atoms with Gasteiger partial charge >= 0.3 is 7.60 Å². The Kier molecular flexibility index (Phi) is 4.86. The van der Waals surface area contributed by atoms with Crippen LogP contribution in [-0.2, 0) is 11.0 Å². The van der Waals surface area contributed by atoms with E-state index in [4.69, 9.17) is 0 Å². The normalized spacial score (nSPS) is 13.8. The van der Waals surface area contributed by atoms with E-state index in [0.717, 1.165) is 36.7 Å². The van der Waals surface area contributed by atoms with Gasteiger partial charge in [-0.1, -0.05) is 13.3 Å². The molecule has 0 spiro atoms. The number of fused-ring (bicyclic) bond motifs is 1. The molecule has 2 heterocycles. The Labute approximate surface area is 121 Å². The fraction of sp³-hybridized carbons (Fsp3) is 0.500. The van der Waals surface area contributed by atoms with Crippen LogP contribution in [0.25, 0.3) is 5.65 Å². The number of thioether (sulfide) groups is 1. The van der Waals surface area contributed by atoms with Gasteiger partial charge in [0.2, 0.25) is 0 Å². The number of aromatic nitrogens is 3. The summed E-state index contributed by atoms with van der Waals surface area (Å²) in [7, 11) is -4.25. The van der Waals surface area contributed by atoms with Gasteiger partial charge < -0.3 is 9.79 Å². The molecule has 0 saturated carbocycles. The van der Waals surface area contributed by atoms with Crippen molar-refractivity contribution in [3.8, 4) is 0 Å². The summed E-state index contributed by atoms with van der Waals surface area (Å²) in [6, 6.07) is 3.51. The lowest BCUT2D eigenvalue weighted by molar-refractivity contribution is 0.369. The molecule has 6 nitrogen and oxygen atoms in total. The first-order valence-corrected chi connectivity index (χ1v) is 9.36. The Bertz CT molecular complexity index is 640. The molecular weight excluding hydrogens is 297 g/mol. The zero-order chi connectivity index (χ0) is 14.8. The Hall–Kier alpha value is -0.880. The topological polar surface area (TPSA) is 87.7 Å². The van der Waals surface area contributed by atoms with Gasteiger partial charge in [0.25, 0.3) is 0 Å². The summed E-state index contributed by atoms with van der Waals surface area (Å²) >= 11 is 1.13. The molecule has 0 aliphatic heterocycles. The summed E-state index contributed by atoms with van der Waals surface area (Å²) in [6.07, 6.45) is 6.12. The van der Waals surface area contributed by atoms with E-state index >= 15 is 0 Å².